The van der Waals surface area contributed by atoms with Crippen LogP contribution in [0.2, 0.25) is 0 Å². The first-order valence-corrected chi connectivity index (χ1v) is 7.04. The molecular weight excluding hydrogens is 236 g/mol. The molecule has 2 heterocycles. The highest BCUT2D eigenvalue weighted by Crippen LogP contribution is 2.38. The molecular formula is C15H18N4. The van der Waals surface area contributed by atoms with Crippen LogP contribution in [0.4, 0.5) is 0 Å². The number of nitrogens with zero attached hydrogens (tertiary/aromatic N) is 3. The molecule has 1 atom stereocenters. The van der Waals surface area contributed by atoms with Crippen molar-refractivity contribution in [2.75, 3.05) is 0 Å². The van der Waals surface area contributed by atoms with Crippen LogP contribution in [0, 0.1) is 6.92 Å². The minimum absolute atomic E-state index is 0.302. The molecule has 0 radical (unpaired) electrons. The second-order valence-electron chi connectivity index (χ2n) is 5.61. The summed E-state index contributed by atoms with van der Waals surface area (Å²) in [6.07, 6.45) is 3.56. The highest BCUT2D eigenvalue weighted by atomic mass is 15.3. The molecule has 0 saturated heterocycles. The normalized spacial score (nSPS) is 22.3. The van der Waals surface area contributed by atoms with Crippen LogP contribution in [-0.2, 0) is 13.0 Å². The second-order valence-corrected chi connectivity index (χ2v) is 5.61. The molecule has 1 unspecified atom stereocenters. The van der Waals surface area contributed by atoms with Gasteiger partial charge in [-0.05, 0) is 37.3 Å². The number of aromatic nitrogens is 3. The minimum Gasteiger partial charge on any atom is -0.311 e. The predicted molar refractivity (Wildman–Crippen MR) is 72.8 cm³/mol. The summed E-state index contributed by atoms with van der Waals surface area (Å²) in [5.41, 5.74) is 2.85. The SMILES string of the molecule is Cc1nnc(C2Cc3ccccc3CN2)n1C1CC1. The number of aryl methyl sites for hydroxylation is 1. The Balaban J connectivity index is 1.68. The van der Waals surface area contributed by atoms with Crippen molar-refractivity contribution in [2.24, 2.45) is 0 Å². The Morgan fingerprint density at radius 2 is 1.95 bits per heavy atom. The lowest BCUT2D eigenvalue weighted by Crippen LogP contribution is -2.30. The van der Waals surface area contributed by atoms with E-state index in [1.165, 1.54) is 24.0 Å². The Bertz CT molecular complexity index is 612. The Morgan fingerprint density at radius 1 is 1.16 bits per heavy atom. The van der Waals surface area contributed by atoms with Crippen molar-refractivity contribution in [2.45, 2.75) is 44.8 Å². The van der Waals surface area contributed by atoms with E-state index in [1.54, 1.807) is 0 Å². The number of nitrogens with one attached hydrogen (secondary N) is 1. The molecule has 0 spiro atoms. The lowest BCUT2D eigenvalue weighted by Gasteiger charge is -2.26. The van der Waals surface area contributed by atoms with Gasteiger partial charge in [0.2, 0.25) is 0 Å². The first-order valence-electron chi connectivity index (χ1n) is 7.04. The van der Waals surface area contributed by atoms with E-state index in [1.807, 2.05) is 0 Å². The highest BCUT2D eigenvalue weighted by Gasteiger charge is 2.32. The van der Waals surface area contributed by atoms with Crippen molar-refractivity contribution < 1.29 is 0 Å². The summed E-state index contributed by atoms with van der Waals surface area (Å²) >= 11 is 0. The van der Waals surface area contributed by atoms with Gasteiger partial charge in [-0.3, -0.25) is 0 Å². The van der Waals surface area contributed by atoms with Crippen molar-refractivity contribution in [3.8, 4) is 0 Å². The predicted octanol–water partition coefficient (Wildman–Crippen LogP) is 2.31. The van der Waals surface area contributed by atoms with Crippen molar-refractivity contribution in [1.29, 1.82) is 0 Å². The van der Waals surface area contributed by atoms with E-state index in [9.17, 15) is 0 Å². The largest absolute Gasteiger partial charge is 0.311 e. The summed E-state index contributed by atoms with van der Waals surface area (Å²) in [6, 6.07) is 9.61. The third kappa shape index (κ3) is 1.87. The molecule has 98 valence electrons. The lowest BCUT2D eigenvalue weighted by molar-refractivity contribution is 0.453. The molecule has 0 amide bonds. The van der Waals surface area contributed by atoms with Crippen LogP contribution in [0.15, 0.2) is 24.3 Å². The summed E-state index contributed by atoms with van der Waals surface area (Å²) in [6.45, 7) is 2.99. The highest BCUT2D eigenvalue weighted by molar-refractivity contribution is 5.31. The first kappa shape index (κ1) is 11.2. The first-order chi connectivity index (χ1) is 9.33. The van der Waals surface area contributed by atoms with E-state index >= 15 is 0 Å². The molecule has 19 heavy (non-hydrogen) atoms. The van der Waals surface area contributed by atoms with Crippen LogP contribution in [0.5, 0.6) is 0 Å². The minimum atomic E-state index is 0.302. The van der Waals surface area contributed by atoms with E-state index in [2.05, 4.69) is 51.3 Å². The quantitative estimate of drug-likeness (QED) is 0.894. The van der Waals surface area contributed by atoms with Crippen LogP contribution in [0.25, 0.3) is 0 Å². The molecule has 1 aliphatic heterocycles. The molecule has 4 heteroatoms. The molecule has 1 fully saturated rings. The van der Waals surface area contributed by atoms with Gasteiger partial charge < -0.3 is 9.88 Å². The average Bonchev–Trinajstić information content (AvgIpc) is 3.21. The molecule has 1 saturated carbocycles. The van der Waals surface area contributed by atoms with Crippen LogP contribution >= 0.6 is 0 Å². The molecule has 0 bridgehead atoms. The summed E-state index contributed by atoms with van der Waals surface area (Å²) in [5.74, 6) is 2.17. The maximum absolute atomic E-state index is 4.42. The fourth-order valence-electron chi connectivity index (χ4n) is 3.04. The maximum atomic E-state index is 4.42. The molecule has 1 aliphatic carbocycles. The number of rotatable bonds is 2. The van der Waals surface area contributed by atoms with E-state index < -0.39 is 0 Å². The molecule has 4 nitrogen and oxygen atoms in total. The summed E-state index contributed by atoms with van der Waals surface area (Å²) < 4.78 is 2.34. The van der Waals surface area contributed by atoms with E-state index in [4.69, 9.17) is 0 Å². The molecule has 2 aromatic rings. The van der Waals surface area contributed by atoms with Gasteiger partial charge in [0.25, 0.3) is 0 Å². The number of hydrogen-bond acceptors (Lipinski definition) is 3. The number of benzene rings is 1. The van der Waals surface area contributed by atoms with Gasteiger partial charge in [0, 0.05) is 12.6 Å². The van der Waals surface area contributed by atoms with Gasteiger partial charge in [-0.15, -0.1) is 10.2 Å². The molecule has 1 N–H and O–H groups in total. The Labute approximate surface area is 112 Å². The second kappa shape index (κ2) is 4.17. The maximum Gasteiger partial charge on any atom is 0.150 e. The summed E-state index contributed by atoms with van der Waals surface area (Å²) in [7, 11) is 0. The van der Waals surface area contributed by atoms with E-state index in [0.29, 0.717) is 12.1 Å². The number of hydrogen-bond donors (Lipinski definition) is 1. The Morgan fingerprint density at radius 3 is 2.74 bits per heavy atom. The van der Waals surface area contributed by atoms with Crippen LogP contribution in [-0.4, -0.2) is 14.8 Å². The summed E-state index contributed by atoms with van der Waals surface area (Å²) in [4.78, 5) is 0. The van der Waals surface area contributed by atoms with Crippen LogP contribution < -0.4 is 5.32 Å². The molecule has 4 rings (SSSR count). The van der Waals surface area contributed by atoms with E-state index in [0.717, 1.165) is 24.6 Å². The van der Waals surface area contributed by atoms with Gasteiger partial charge >= 0.3 is 0 Å². The topological polar surface area (TPSA) is 42.7 Å². The van der Waals surface area contributed by atoms with Gasteiger partial charge in [-0.25, -0.2) is 0 Å². The van der Waals surface area contributed by atoms with Crippen molar-refractivity contribution >= 4 is 0 Å². The van der Waals surface area contributed by atoms with Crippen LogP contribution in [0.3, 0.4) is 0 Å². The molecule has 2 aliphatic rings. The monoisotopic (exact) mass is 254 g/mol. The van der Waals surface area contributed by atoms with Gasteiger partial charge in [0.1, 0.15) is 5.82 Å². The van der Waals surface area contributed by atoms with Gasteiger partial charge in [-0.1, -0.05) is 24.3 Å². The van der Waals surface area contributed by atoms with Gasteiger partial charge in [-0.2, -0.15) is 0 Å². The average molecular weight is 254 g/mol. The fraction of sp³-hybridized carbons (Fsp3) is 0.467. The zero-order chi connectivity index (χ0) is 12.8. The smallest absolute Gasteiger partial charge is 0.150 e. The van der Waals surface area contributed by atoms with Crippen molar-refractivity contribution in [1.82, 2.24) is 20.1 Å². The Kier molecular flexibility index (Phi) is 2.45. The lowest BCUT2D eigenvalue weighted by atomic mass is 9.95. The van der Waals surface area contributed by atoms with Gasteiger partial charge in [0.15, 0.2) is 5.82 Å². The van der Waals surface area contributed by atoms with Gasteiger partial charge in [0.05, 0.1) is 6.04 Å². The van der Waals surface area contributed by atoms with Crippen molar-refractivity contribution in [3.63, 3.8) is 0 Å². The summed E-state index contributed by atoms with van der Waals surface area (Å²) in [5, 5.41) is 12.3. The van der Waals surface area contributed by atoms with Crippen LogP contribution in [0.1, 0.15) is 47.7 Å². The zero-order valence-electron chi connectivity index (χ0n) is 11.1. The van der Waals surface area contributed by atoms with E-state index in [-0.39, 0.29) is 0 Å². The standard InChI is InChI=1S/C15H18N4/c1-10-17-18-15(19(10)13-6-7-13)14-8-11-4-2-3-5-12(11)9-16-14/h2-5,13-14,16H,6-9H2,1H3. The zero-order valence-corrected chi connectivity index (χ0v) is 11.1. The third-order valence-corrected chi connectivity index (χ3v) is 4.20. The molecule has 1 aromatic carbocycles. The number of fused-ring (bicyclic) bond motifs is 1. The Hall–Kier alpha value is -1.68. The fourth-order valence-corrected chi connectivity index (χ4v) is 3.04. The third-order valence-electron chi connectivity index (χ3n) is 4.20. The van der Waals surface area contributed by atoms with Crippen molar-refractivity contribution in [3.05, 3.63) is 47.0 Å². The molecule has 1 aromatic heterocycles.